The lowest BCUT2D eigenvalue weighted by Gasteiger charge is -2.28. The number of hydrogen-bond acceptors (Lipinski definition) is 10. The Morgan fingerprint density at radius 2 is 1.31 bits per heavy atom. The third-order valence-corrected chi connectivity index (χ3v) is 8.20. The summed E-state index contributed by atoms with van der Waals surface area (Å²) in [6.45, 7) is 0.152. The van der Waals surface area contributed by atoms with E-state index in [9.17, 15) is 20.1 Å². The van der Waals surface area contributed by atoms with E-state index in [4.69, 9.17) is 23.7 Å². The van der Waals surface area contributed by atoms with Crippen molar-refractivity contribution in [3.63, 3.8) is 0 Å². The van der Waals surface area contributed by atoms with Crippen molar-refractivity contribution in [2.24, 2.45) is 0 Å². The quantitative estimate of drug-likeness (QED) is 0.0770. The van der Waals surface area contributed by atoms with Crippen molar-refractivity contribution in [3.05, 3.63) is 106 Å². The number of amides is 1. The van der Waals surface area contributed by atoms with Crippen LogP contribution >= 0.6 is 0 Å². The minimum Gasteiger partial charge on any atom is -0.496 e. The number of para-hydroxylation sites is 1. The zero-order valence-electron chi connectivity index (χ0n) is 27.8. The molecule has 258 valence electrons. The Morgan fingerprint density at radius 3 is 1.96 bits per heavy atom. The summed E-state index contributed by atoms with van der Waals surface area (Å²) in [4.78, 5) is 12.6. The fourth-order valence-electron chi connectivity index (χ4n) is 5.63. The topological polar surface area (TPSA) is 148 Å². The number of carbonyl (C=O) groups excluding carboxylic acids is 1. The van der Waals surface area contributed by atoms with Crippen molar-refractivity contribution in [1.82, 2.24) is 5.32 Å². The molecule has 1 unspecified atom stereocenters. The molecule has 0 saturated heterocycles. The number of nitrogens with one attached hydrogen (secondary N) is 2. The van der Waals surface area contributed by atoms with Crippen LogP contribution in [0.2, 0.25) is 0 Å². The number of fused-ring (bicyclic) bond motifs is 1. The number of benzene rings is 4. The molecule has 0 radical (unpaired) electrons. The van der Waals surface area contributed by atoms with E-state index in [0.717, 1.165) is 22.4 Å². The number of unbranched alkanes of at least 4 members (excludes halogenated alkanes) is 1. The van der Waals surface area contributed by atoms with E-state index < -0.39 is 6.17 Å². The Hall–Kier alpha value is -5.23. The normalized spacial score (nSPS) is 13.8. The maximum absolute atomic E-state index is 12.6. The second-order valence-corrected chi connectivity index (χ2v) is 11.3. The molecule has 1 aliphatic rings. The number of aliphatic hydroxyl groups is 3. The molecule has 1 aliphatic heterocycles. The van der Waals surface area contributed by atoms with Crippen LogP contribution in [0, 0.1) is 0 Å². The van der Waals surface area contributed by atoms with Crippen molar-refractivity contribution >= 4 is 23.7 Å². The van der Waals surface area contributed by atoms with Gasteiger partial charge in [0.1, 0.15) is 17.7 Å². The molecule has 0 aliphatic carbocycles. The molecule has 4 aromatic carbocycles. The summed E-state index contributed by atoms with van der Waals surface area (Å²) in [5.41, 5.74) is 5.53. The predicted molar refractivity (Wildman–Crippen MR) is 186 cm³/mol. The van der Waals surface area contributed by atoms with E-state index in [1.54, 1.807) is 32.4 Å². The number of ether oxygens (including phenoxy) is 5. The van der Waals surface area contributed by atoms with Gasteiger partial charge in [0.25, 0.3) is 5.91 Å². The number of aliphatic hydroxyl groups excluding tert-OH is 3. The molecule has 1 amide bonds. The largest absolute Gasteiger partial charge is 0.496 e. The first-order valence-corrected chi connectivity index (χ1v) is 15.9. The molecule has 49 heavy (non-hydrogen) atoms. The van der Waals surface area contributed by atoms with Crippen molar-refractivity contribution in [2.75, 3.05) is 39.9 Å². The average Bonchev–Trinajstić information content (AvgIpc) is 3.14. The Labute approximate surface area is 285 Å². The van der Waals surface area contributed by atoms with E-state index >= 15 is 0 Å². The predicted octanol–water partition coefficient (Wildman–Crippen LogP) is 5.45. The van der Waals surface area contributed by atoms with Crippen LogP contribution in [0.15, 0.2) is 66.7 Å². The Balaban J connectivity index is 1.16. The fourth-order valence-corrected chi connectivity index (χ4v) is 5.63. The van der Waals surface area contributed by atoms with Crippen molar-refractivity contribution < 1.29 is 43.8 Å². The summed E-state index contributed by atoms with van der Waals surface area (Å²) in [5.74, 6) is 2.44. The minimum absolute atomic E-state index is 0.156. The van der Waals surface area contributed by atoms with Gasteiger partial charge in [-0.2, -0.15) is 0 Å². The SMILES string of the molecule is COc1cc(C=Cc2cc(OC)c(OCCCCOc3ccc(C4NC(=O)c5ccccc5N4)cc3CO)c(OC)c2)cc(CO)c1CO. The van der Waals surface area contributed by atoms with E-state index in [1.807, 2.05) is 60.7 Å². The van der Waals surface area contributed by atoms with Crippen LogP contribution in [0.25, 0.3) is 12.2 Å². The first-order chi connectivity index (χ1) is 23.9. The molecule has 4 aromatic rings. The zero-order valence-corrected chi connectivity index (χ0v) is 27.8. The van der Waals surface area contributed by atoms with Gasteiger partial charge in [-0.1, -0.05) is 30.4 Å². The molecule has 0 aromatic heterocycles. The van der Waals surface area contributed by atoms with Gasteiger partial charge >= 0.3 is 0 Å². The lowest BCUT2D eigenvalue weighted by molar-refractivity contribution is 0.0935. The van der Waals surface area contributed by atoms with Crippen molar-refractivity contribution in [2.45, 2.75) is 38.8 Å². The second-order valence-electron chi connectivity index (χ2n) is 11.3. The van der Waals surface area contributed by atoms with Gasteiger partial charge in [-0.3, -0.25) is 4.79 Å². The lowest BCUT2D eigenvalue weighted by atomic mass is 10.0. The van der Waals surface area contributed by atoms with Crippen LogP contribution in [0.5, 0.6) is 28.7 Å². The Kier molecular flexibility index (Phi) is 12.0. The maximum Gasteiger partial charge on any atom is 0.255 e. The number of hydrogen-bond donors (Lipinski definition) is 5. The molecular weight excluding hydrogens is 628 g/mol. The van der Waals surface area contributed by atoms with Gasteiger partial charge in [-0.25, -0.2) is 0 Å². The van der Waals surface area contributed by atoms with Gasteiger partial charge in [0, 0.05) is 16.8 Å². The molecular formula is C38H42N2O9. The highest BCUT2D eigenvalue weighted by molar-refractivity contribution is 6.01. The van der Waals surface area contributed by atoms with Crippen LogP contribution in [0.1, 0.15) is 62.7 Å². The summed E-state index contributed by atoms with van der Waals surface area (Å²) in [5, 5.41) is 35.7. The van der Waals surface area contributed by atoms with E-state index in [1.165, 1.54) is 7.11 Å². The molecule has 5 N–H and O–H groups in total. The molecule has 0 bridgehead atoms. The first kappa shape index (κ1) is 35.1. The molecule has 11 nitrogen and oxygen atoms in total. The van der Waals surface area contributed by atoms with E-state index in [0.29, 0.717) is 77.1 Å². The molecule has 1 heterocycles. The van der Waals surface area contributed by atoms with Gasteiger partial charge < -0.3 is 49.6 Å². The molecule has 0 spiro atoms. The summed E-state index contributed by atoms with van der Waals surface area (Å²) >= 11 is 0. The summed E-state index contributed by atoms with van der Waals surface area (Å²) < 4.78 is 28.7. The monoisotopic (exact) mass is 670 g/mol. The van der Waals surface area contributed by atoms with E-state index in [-0.39, 0.29) is 25.7 Å². The van der Waals surface area contributed by atoms with Crippen LogP contribution in [-0.2, 0) is 19.8 Å². The van der Waals surface area contributed by atoms with Gasteiger partial charge in [-0.05, 0) is 83.6 Å². The first-order valence-electron chi connectivity index (χ1n) is 15.9. The van der Waals surface area contributed by atoms with Gasteiger partial charge in [0.2, 0.25) is 5.75 Å². The zero-order chi connectivity index (χ0) is 34.8. The highest BCUT2D eigenvalue weighted by atomic mass is 16.5. The number of methoxy groups -OCH3 is 3. The standard InChI is InChI=1S/C38H42N2O9/c1-45-33-17-24(16-27(21-41)30(33)23-43)10-11-25-18-34(46-2)36(35(19-25)47-3)49-15-7-6-14-48-32-13-12-26(20-28(32)22-42)37-39-31-9-5-4-8-29(31)38(44)40-37/h4-5,8-13,16-20,37,39,41-43H,6-7,14-15,21-23H2,1-3H3,(H,40,44). The minimum atomic E-state index is -0.424. The molecule has 5 rings (SSSR count). The Bertz CT molecular complexity index is 1740. The highest BCUT2D eigenvalue weighted by Gasteiger charge is 2.25. The molecule has 0 fully saturated rings. The van der Waals surface area contributed by atoms with Crippen molar-refractivity contribution in [1.29, 1.82) is 0 Å². The van der Waals surface area contributed by atoms with Crippen LogP contribution in [0.3, 0.4) is 0 Å². The summed E-state index contributed by atoms with van der Waals surface area (Å²) in [6, 6.07) is 20.1. The molecule has 0 saturated carbocycles. The molecule has 11 heteroatoms. The second kappa shape index (κ2) is 16.7. The third kappa shape index (κ3) is 8.26. The Morgan fingerprint density at radius 1 is 0.673 bits per heavy atom. The van der Waals surface area contributed by atoms with Crippen LogP contribution in [-0.4, -0.2) is 55.8 Å². The summed E-state index contributed by atoms with van der Waals surface area (Å²) in [6.07, 6.45) is 4.72. The maximum atomic E-state index is 12.6. The third-order valence-electron chi connectivity index (χ3n) is 8.20. The highest BCUT2D eigenvalue weighted by Crippen LogP contribution is 2.39. The van der Waals surface area contributed by atoms with Gasteiger partial charge in [0.15, 0.2) is 11.5 Å². The average molecular weight is 671 g/mol. The van der Waals surface area contributed by atoms with Gasteiger partial charge in [0.05, 0.1) is 59.9 Å². The number of carbonyl (C=O) groups is 1. The van der Waals surface area contributed by atoms with E-state index in [2.05, 4.69) is 10.6 Å². The fraction of sp³-hybridized carbons (Fsp3) is 0.289. The number of rotatable bonds is 16. The van der Waals surface area contributed by atoms with Crippen molar-refractivity contribution in [3.8, 4) is 28.7 Å². The summed E-state index contributed by atoms with van der Waals surface area (Å²) in [7, 11) is 4.65. The van der Waals surface area contributed by atoms with Crippen LogP contribution in [0.4, 0.5) is 5.69 Å². The number of anilines is 1. The smallest absolute Gasteiger partial charge is 0.255 e. The van der Waals surface area contributed by atoms with Crippen LogP contribution < -0.4 is 34.3 Å². The lowest BCUT2D eigenvalue weighted by Crippen LogP contribution is -2.38. The van der Waals surface area contributed by atoms with Gasteiger partial charge in [-0.15, -0.1) is 0 Å². The molecule has 1 atom stereocenters.